The zero-order valence-corrected chi connectivity index (χ0v) is 23.9. The molecular formula is C42H27NO. The van der Waals surface area contributed by atoms with E-state index in [4.69, 9.17) is 4.42 Å². The molecule has 0 saturated heterocycles. The van der Waals surface area contributed by atoms with Gasteiger partial charge in [-0.1, -0.05) is 115 Å². The minimum atomic E-state index is 0.881. The maximum absolute atomic E-state index is 6.59. The van der Waals surface area contributed by atoms with Crippen molar-refractivity contribution in [2.45, 2.75) is 0 Å². The number of benzene rings is 8. The summed E-state index contributed by atoms with van der Waals surface area (Å²) in [6.07, 6.45) is 0. The average Bonchev–Trinajstić information content (AvgIpc) is 3.47. The molecule has 2 nitrogen and oxygen atoms in total. The van der Waals surface area contributed by atoms with Crippen molar-refractivity contribution in [3.05, 3.63) is 164 Å². The van der Waals surface area contributed by atoms with Crippen LogP contribution in [0.15, 0.2) is 168 Å². The van der Waals surface area contributed by atoms with Crippen LogP contribution in [0.3, 0.4) is 0 Å². The second kappa shape index (κ2) is 9.86. The van der Waals surface area contributed by atoms with Gasteiger partial charge in [0, 0.05) is 39.3 Å². The van der Waals surface area contributed by atoms with Crippen molar-refractivity contribution in [2.75, 3.05) is 4.90 Å². The van der Waals surface area contributed by atoms with Crippen LogP contribution in [-0.2, 0) is 0 Å². The summed E-state index contributed by atoms with van der Waals surface area (Å²) in [6.45, 7) is 0. The van der Waals surface area contributed by atoms with E-state index in [-0.39, 0.29) is 0 Å². The molecule has 0 atom stereocenters. The van der Waals surface area contributed by atoms with Gasteiger partial charge in [0.25, 0.3) is 0 Å². The van der Waals surface area contributed by atoms with Crippen LogP contribution in [0.5, 0.6) is 0 Å². The van der Waals surface area contributed by atoms with Crippen LogP contribution in [0.25, 0.3) is 65.4 Å². The average molecular weight is 562 g/mol. The Morgan fingerprint density at radius 2 is 0.955 bits per heavy atom. The van der Waals surface area contributed by atoms with Gasteiger partial charge in [-0.2, -0.15) is 0 Å². The van der Waals surface area contributed by atoms with Crippen molar-refractivity contribution in [1.29, 1.82) is 0 Å². The van der Waals surface area contributed by atoms with Gasteiger partial charge in [-0.15, -0.1) is 0 Å². The molecule has 0 fully saturated rings. The molecule has 8 aromatic carbocycles. The van der Waals surface area contributed by atoms with Crippen molar-refractivity contribution in [3.8, 4) is 11.1 Å². The number of furan rings is 1. The van der Waals surface area contributed by atoms with Crippen LogP contribution in [0.1, 0.15) is 0 Å². The van der Waals surface area contributed by atoms with Gasteiger partial charge in [-0.05, 0) is 80.5 Å². The Bertz CT molecular complexity index is 2500. The highest BCUT2D eigenvalue weighted by Gasteiger charge is 2.17. The number of rotatable bonds is 4. The lowest BCUT2D eigenvalue weighted by molar-refractivity contribution is 0.672. The molecule has 0 bridgehead atoms. The molecule has 0 aliphatic heterocycles. The first-order valence-electron chi connectivity index (χ1n) is 15.0. The largest absolute Gasteiger partial charge is 0.455 e. The molecule has 9 aromatic rings. The Balaban J connectivity index is 1.21. The lowest BCUT2D eigenvalue weighted by atomic mass is 9.98. The standard InChI is InChI=1S/C42H27NO/c1-2-11-32-26-34(22-16-28(32)8-1)43(33-20-17-31(18-21-33)37-15-7-12-29-9-3-5-13-36(29)37)35-23-25-39-40-24-19-30-10-4-6-14-38(30)42(40)44-41(39)27-35/h1-27H. The highest BCUT2D eigenvalue weighted by Crippen LogP contribution is 2.41. The monoisotopic (exact) mass is 561 g/mol. The minimum absolute atomic E-state index is 0.881. The van der Waals surface area contributed by atoms with Crippen LogP contribution in [-0.4, -0.2) is 0 Å². The van der Waals surface area contributed by atoms with Crippen molar-refractivity contribution in [2.24, 2.45) is 0 Å². The molecular weight excluding hydrogens is 534 g/mol. The summed E-state index contributed by atoms with van der Waals surface area (Å²) in [5.74, 6) is 0. The molecule has 1 aromatic heterocycles. The second-order valence-electron chi connectivity index (χ2n) is 11.4. The van der Waals surface area contributed by atoms with Crippen LogP contribution in [0, 0.1) is 0 Å². The van der Waals surface area contributed by atoms with Crippen molar-refractivity contribution in [1.82, 2.24) is 0 Å². The minimum Gasteiger partial charge on any atom is -0.455 e. The van der Waals surface area contributed by atoms with Crippen molar-refractivity contribution < 1.29 is 4.42 Å². The van der Waals surface area contributed by atoms with Gasteiger partial charge in [0.1, 0.15) is 11.2 Å². The fraction of sp³-hybridized carbons (Fsp3) is 0. The van der Waals surface area contributed by atoms with E-state index >= 15 is 0 Å². The highest BCUT2D eigenvalue weighted by atomic mass is 16.3. The quantitative estimate of drug-likeness (QED) is 0.212. The summed E-state index contributed by atoms with van der Waals surface area (Å²) in [5, 5.41) is 9.53. The molecule has 0 aliphatic carbocycles. The van der Waals surface area contributed by atoms with Crippen molar-refractivity contribution >= 4 is 71.3 Å². The summed E-state index contributed by atoms with van der Waals surface area (Å²) < 4.78 is 6.59. The number of hydrogen-bond acceptors (Lipinski definition) is 2. The number of anilines is 3. The molecule has 44 heavy (non-hydrogen) atoms. The van der Waals surface area contributed by atoms with Gasteiger partial charge in [-0.3, -0.25) is 0 Å². The molecule has 0 aliphatic rings. The Morgan fingerprint density at radius 3 is 1.80 bits per heavy atom. The fourth-order valence-corrected chi connectivity index (χ4v) is 6.66. The Morgan fingerprint density at radius 1 is 0.364 bits per heavy atom. The van der Waals surface area contributed by atoms with E-state index in [0.717, 1.165) is 44.4 Å². The Labute approximate surface area is 255 Å². The zero-order valence-electron chi connectivity index (χ0n) is 23.9. The fourth-order valence-electron chi connectivity index (χ4n) is 6.66. The SMILES string of the molecule is c1ccc2cc(N(c3ccc(-c4cccc5ccccc45)cc3)c3ccc4c(c3)oc3c5ccccc5ccc43)ccc2c1. The van der Waals surface area contributed by atoms with Gasteiger partial charge in [0.05, 0.1) is 0 Å². The molecule has 2 heteroatoms. The molecule has 0 saturated carbocycles. The molecule has 9 rings (SSSR count). The molecule has 206 valence electrons. The lowest BCUT2D eigenvalue weighted by Crippen LogP contribution is -2.09. The molecule has 0 N–H and O–H groups in total. The third-order valence-electron chi connectivity index (χ3n) is 8.82. The van der Waals surface area contributed by atoms with Crippen LogP contribution < -0.4 is 4.90 Å². The van der Waals surface area contributed by atoms with E-state index in [1.54, 1.807) is 0 Å². The lowest BCUT2D eigenvalue weighted by Gasteiger charge is -2.26. The van der Waals surface area contributed by atoms with E-state index in [1.807, 2.05) is 0 Å². The number of nitrogens with zero attached hydrogens (tertiary/aromatic N) is 1. The van der Waals surface area contributed by atoms with Gasteiger partial charge in [-0.25, -0.2) is 0 Å². The predicted molar refractivity (Wildman–Crippen MR) is 186 cm³/mol. The van der Waals surface area contributed by atoms with E-state index < -0.39 is 0 Å². The Kier molecular flexibility index (Phi) is 5.54. The molecule has 0 spiro atoms. The normalized spacial score (nSPS) is 11.6. The highest BCUT2D eigenvalue weighted by molar-refractivity contribution is 6.15. The summed E-state index contributed by atoms with van der Waals surface area (Å²) in [5.41, 5.74) is 7.49. The topological polar surface area (TPSA) is 16.4 Å². The number of fused-ring (bicyclic) bond motifs is 7. The predicted octanol–water partition coefficient (Wildman–Crippen LogP) is 12.2. The zero-order chi connectivity index (χ0) is 29.0. The molecule has 1 heterocycles. The van der Waals surface area contributed by atoms with Gasteiger partial charge in [0.2, 0.25) is 0 Å². The Hall–Kier alpha value is -5.86. The summed E-state index contributed by atoms with van der Waals surface area (Å²) in [6, 6.07) is 58.6. The first-order valence-corrected chi connectivity index (χ1v) is 15.0. The van der Waals surface area contributed by atoms with E-state index in [2.05, 4.69) is 169 Å². The summed E-state index contributed by atoms with van der Waals surface area (Å²) in [7, 11) is 0. The van der Waals surface area contributed by atoms with E-state index in [9.17, 15) is 0 Å². The van der Waals surface area contributed by atoms with Crippen LogP contribution in [0.4, 0.5) is 17.1 Å². The first-order chi connectivity index (χ1) is 21.8. The molecule has 0 unspecified atom stereocenters. The third kappa shape index (κ3) is 3.96. The summed E-state index contributed by atoms with van der Waals surface area (Å²) >= 11 is 0. The second-order valence-corrected chi connectivity index (χ2v) is 11.4. The number of hydrogen-bond donors (Lipinski definition) is 0. The molecule has 0 radical (unpaired) electrons. The summed E-state index contributed by atoms with van der Waals surface area (Å²) in [4.78, 5) is 2.32. The van der Waals surface area contributed by atoms with Gasteiger partial charge in [0.15, 0.2) is 0 Å². The van der Waals surface area contributed by atoms with Crippen molar-refractivity contribution in [3.63, 3.8) is 0 Å². The van der Waals surface area contributed by atoms with Gasteiger partial charge < -0.3 is 9.32 Å². The van der Waals surface area contributed by atoms with E-state index in [1.165, 1.54) is 38.1 Å². The van der Waals surface area contributed by atoms with Crippen LogP contribution >= 0.6 is 0 Å². The van der Waals surface area contributed by atoms with Crippen LogP contribution in [0.2, 0.25) is 0 Å². The smallest absolute Gasteiger partial charge is 0.143 e. The first kappa shape index (κ1) is 24.7. The third-order valence-corrected chi connectivity index (χ3v) is 8.82. The maximum atomic E-state index is 6.59. The maximum Gasteiger partial charge on any atom is 0.143 e. The van der Waals surface area contributed by atoms with Gasteiger partial charge >= 0.3 is 0 Å². The molecule has 0 amide bonds. The van der Waals surface area contributed by atoms with E-state index in [0.29, 0.717) is 0 Å².